The molecule has 0 spiro atoms. The number of nitrogens with one attached hydrogen (secondary N) is 1. The third kappa shape index (κ3) is 2.65. The van der Waals surface area contributed by atoms with Crippen molar-refractivity contribution in [3.05, 3.63) is 33.9 Å². The SMILES string of the molecule is N#Cc1ccc(NCCO)c([N+](=O)[O-])c1. The van der Waals surface area contributed by atoms with Gasteiger partial charge in [0.2, 0.25) is 0 Å². The Hall–Kier alpha value is -2.13. The van der Waals surface area contributed by atoms with Crippen molar-refractivity contribution in [1.82, 2.24) is 0 Å². The number of aliphatic hydroxyl groups is 1. The Morgan fingerprint density at radius 1 is 1.60 bits per heavy atom. The molecule has 0 aliphatic heterocycles. The summed E-state index contributed by atoms with van der Waals surface area (Å²) < 4.78 is 0. The fourth-order valence-corrected chi connectivity index (χ4v) is 1.09. The predicted molar refractivity (Wildman–Crippen MR) is 53.4 cm³/mol. The molecule has 78 valence electrons. The van der Waals surface area contributed by atoms with Crippen molar-refractivity contribution < 1.29 is 10.0 Å². The van der Waals surface area contributed by atoms with Crippen LogP contribution in [-0.2, 0) is 0 Å². The van der Waals surface area contributed by atoms with Gasteiger partial charge in [-0.3, -0.25) is 10.1 Å². The number of anilines is 1. The van der Waals surface area contributed by atoms with E-state index in [2.05, 4.69) is 5.32 Å². The lowest BCUT2D eigenvalue weighted by molar-refractivity contribution is -0.384. The van der Waals surface area contributed by atoms with Crippen molar-refractivity contribution >= 4 is 11.4 Å². The van der Waals surface area contributed by atoms with E-state index < -0.39 is 4.92 Å². The molecule has 0 aliphatic rings. The lowest BCUT2D eigenvalue weighted by atomic mass is 10.2. The summed E-state index contributed by atoms with van der Waals surface area (Å²) in [5.74, 6) is 0. The summed E-state index contributed by atoms with van der Waals surface area (Å²) in [5.41, 5.74) is 0.367. The molecule has 1 aromatic rings. The molecule has 2 N–H and O–H groups in total. The Labute approximate surface area is 85.9 Å². The molecule has 0 heterocycles. The van der Waals surface area contributed by atoms with Crippen LogP contribution in [0.2, 0.25) is 0 Å². The number of benzene rings is 1. The lowest BCUT2D eigenvalue weighted by Crippen LogP contribution is -2.07. The number of hydrogen-bond acceptors (Lipinski definition) is 5. The summed E-state index contributed by atoms with van der Waals surface area (Å²) in [7, 11) is 0. The molecule has 0 bridgehead atoms. The maximum absolute atomic E-state index is 10.6. The third-order valence-electron chi connectivity index (χ3n) is 1.75. The van der Waals surface area contributed by atoms with E-state index in [4.69, 9.17) is 10.4 Å². The van der Waals surface area contributed by atoms with Crippen molar-refractivity contribution in [2.24, 2.45) is 0 Å². The van der Waals surface area contributed by atoms with Crippen molar-refractivity contribution in [3.8, 4) is 6.07 Å². The number of nitriles is 1. The maximum atomic E-state index is 10.6. The molecule has 1 rings (SSSR count). The van der Waals surface area contributed by atoms with Gasteiger partial charge in [-0.25, -0.2) is 0 Å². The van der Waals surface area contributed by atoms with Gasteiger partial charge >= 0.3 is 0 Å². The Kier molecular flexibility index (Phi) is 3.60. The molecule has 0 atom stereocenters. The van der Waals surface area contributed by atoms with E-state index in [1.807, 2.05) is 6.07 Å². The highest BCUT2D eigenvalue weighted by atomic mass is 16.6. The standard InChI is InChI=1S/C9H9N3O3/c10-6-7-1-2-8(11-3-4-13)9(5-7)12(14)15/h1-2,5,11,13H,3-4H2. The largest absolute Gasteiger partial charge is 0.395 e. The molecule has 1 aromatic carbocycles. The van der Waals surface area contributed by atoms with E-state index in [1.165, 1.54) is 18.2 Å². The number of aliphatic hydroxyl groups excluding tert-OH is 1. The van der Waals surface area contributed by atoms with Gasteiger partial charge in [0, 0.05) is 12.6 Å². The van der Waals surface area contributed by atoms with E-state index in [1.54, 1.807) is 0 Å². The van der Waals surface area contributed by atoms with E-state index in [0.29, 0.717) is 5.69 Å². The number of rotatable bonds is 4. The van der Waals surface area contributed by atoms with Gasteiger partial charge in [-0.1, -0.05) is 0 Å². The molecule has 0 fully saturated rings. The highest BCUT2D eigenvalue weighted by molar-refractivity contribution is 5.63. The van der Waals surface area contributed by atoms with Crippen LogP contribution in [0, 0.1) is 21.4 Å². The summed E-state index contributed by atoms with van der Waals surface area (Å²) in [6.07, 6.45) is 0. The van der Waals surface area contributed by atoms with Gasteiger partial charge < -0.3 is 10.4 Å². The summed E-state index contributed by atoms with van der Waals surface area (Å²) in [6.45, 7) is 0.115. The van der Waals surface area contributed by atoms with E-state index in [9.17, 15) is 10.1 Å². The summed E-state index contributed by atoms with van der Waals surface area (Å²) in [5, 5.41) is 30.5. The second kappa shape index (κ2) is 4.93. The first-order chi connectivity index (χ1) is 7.19. The van der Waals surface area contributed by atoms with Crippen LogP contribution in [0.1, 0.15) is 5.56 Å². The second-order valence-electron chi connectivity index (χ2n) is 2.75. The van der Waals surface area contributed by atoms with E-state index >= 15 is 0 Å². The van der Waals surface area contributed by atoms with Crippen LogP contribution in [0.3, 0.4) is 0 Å². The van der Waals surface area contributed by atoms with Gasteiger partial charge in [-0.2, -0.15) is 5.26 Å². The Morgan fingerprint density at radius 3 is 2.87 bits per heavy atom. The van der Waals surface area contributed by atoms with Crippen LogP contribution in [0.25, 0.3) is 0 Å². The zero-order valence-corrected chi connectivity index (χ0v) is 7.80. The number of hydrogen-bond donors (Lipinski definition) is 2. The molecule has 6 heteroatoms. The molecular formula is C9H9N3O3. The first-order valence-corrected chi connectivity index (χ1v) is 4.22. The molecule has 0 saturated carbocycles. The Balaban J connectivity index is 3.05. The van der Waals surface area contributed by atoms with Crippen LogP contribution < -0.4 is 5.32 Å². The van der Waals surface area contributed by atoms with Gasteiger partial charge in [0.15, 0.2) is 0 Å². The van der Waals surface area contributed by atoms with Crippen molar-refractivity contribution in [2.75, 3.05) is 18.5 Å². The second-order valence-corrected chi connectivity index (χ2v) is 2.75. The summed E-state index contributed by atoms with van der Waals surface area (Å²) in [6, 6.07) is 5.95. The van der Waals surface area contributed by atoms with Crippen LogP contribution in [0.5, 0.6) is 0 Å². The van der Waals surface area contributed by atoms with Crippen molar-refractivity contribution in [2.45, 2.75) is 0 Å². The monoisotopic (exact) mass is 207 g/mol. The molecule has 15 heavy (non-hydrogen) atoms. The topological polar surface area (TPSA) is 99.2 Å². The molecule has 0 aliphatic carbocycles. The molecule has 6 nitrogen and oxygen atoms in total. The molecule has 0 radical (unpaired) electrons. The first-order valence-electron chi connectivity index (χ1n) is 4.22. The van der Waals surface area contributed by atoms with Gasteiger partial charge in [0.25, 0.3) is 5.69 Å². The van der Waals surface area contributed by atoms with Gasteiger partial charge in [0.05, 0.1) is 23.2 Å². The molecular weight excluding hydrogens is 198 g/mol. The Morgan fingerprint density at radius 2 is 2.33 bits per heavy atom. The molecule has 0 amide bonds. The summed E-state index contributed by atoms with van der Waals surface area (Å²) in [4.78, 5) is 10.1. The zero-order valence-electron chi connectivity index (χ0n) is 7.80. The number of nitro benzene ring substituents is 1. The normalized spacial score (nSPS) is 9.33. The maximum Gasteiger partial charge on any atom is 0.293 e. The van der Waals surface area contributed by atoms with Gasteiger partial charge in [-0.15, -0.1) is 0 Å². The van der Waals surface area contributed by atoms with E-state index in [-0.39, 0.29) is 24.4 Å². The average Bonchev–Trinajstić information content (AvgIpc) is 2.26. The predicted octanol–water partition coefficient (Wildman–Crippen LogP) is 0.871. The van der Waals surface area contributed by atoms with Crippen molar-refractivity contribution in [1.29, 1.82) is 5.26 Å². The minimum absolute atomic E-state index is 0.114. The number of nitrogens with zero attached hydrogens (tertiary/aromatic N) is 2. The molecule has 0 aromatic heterocycles. The number of nitro groups is 1. The Bertz CT molecular complexity index is 412. The molecule has 0 saturated heterocycles. The van der Waals surface area contributed by atoms with Gasteiger partial charge in [0.1, 0.15) is 5.69 Å². The minimum atomic E-state index is -0.569. The highest BCUT2D eigenvalue weighted by Gasteiger charge is 2.13. The van der Waals surface area contributed by atoms with Crippen LogP contribution in [0.4, 0.5) is 11.4 Å². The quantitative estimate of drug-likeness (QED) is 0.563. The van der Waals surface area contributed by atoms with Crippen molar-refractivity contribution in [3.63, 3.8) is 0 Å². The van der Waals surface area contributed by atoms with E-state index in [0.717, 1.165) is 0 Å². The van der Waals surface area contributed by atoms with Crippen LogP contribution >= 0.6 is 0 Å². The van der Waals surface area contributed by atoms with Crippen LogP contribution in [0.15, 0.2) is 18.2 Å². The van der Waals surface area contributed by atoms with Crippen LogP contribution in [-0.4, -0.2) is 23.2 Å². The fourth-order valence-electron chi connectivity index (χ4n) is 1.09. The lowest BCUT2D eigenvalue weighted by Gasteiger charge is -2.04. The smallest absolute Gasteiger partial charge is 0.293 e. The average molecular weight is 207 g/mol. The first kappa shape index (κ1) is 10.9. The zero-order chi connectivity index (χ0) is 11.3. The molecule has 0 unspecified atom stereocenters. The minimum Gasteiger partial charge on any atom is -0.395 e. The third-order valence-corrected chi connectivity index (χ3v) is 1.75. The summed E-state index contributed by atoms with van der Waals surface area (Å²) >= 11 is 0. The fraction of sp³-hybridized carbons (Fsp3) is 0.222. The van der Waals surface area contributed by atoms with Gasteiger partial charge in [-0.05, 0) is 12.1 Å². The highest BCUT2D eigenvalue weighted by Crippen LogP contribution is 2.24.